The average Bonchev–Trinajstić information content (AvgIpc) is 2.58. The highest BCUT2D eigenvalue weighted by Crippen LogP contribution is 2.33. The van der Waals surface area contributed by atoms with E-state index in [4.69, 9.17) is 5.73 Å². The largest absolute Gasteiger partial charge is 0.382 e. The molecule has 1 heterocycles. The Hall–Kier alpha value is -1.77. The fraction of sp³-hybridized carbons (Fsp3) is 0.400. The first-order valence-electron chi connectivity index (χ1n) is 6.22. The number of aromatic nitrogens is 2. The summed E-state index contributed by atoms with van der Waals surface area (Å²) < 4.78 is 0. The minimum Gasteiger partial charge on any atom is -0.382 e. The zero-order chi connectivity index (χ0) is 13.5. The van der Waals surface area contributed by atoms with Crippen LogP contribution >= 0.6 is 0 Å². The molecule has 3 heteroatoms. The second kappa shape index (κ2) is 4.16. The molecular formula is C15H21N3. The predicted molar refractivity (Wildman–Crippen MR) is 76.6 cm³/mol. The van der Waals surface area contributed by atoms with Crippen LogP contribution in [0.2, 0.25) is 0 Å². The first-order valence-corrected chi connectivity index (χ1v) is 6.22. The smallest absolute Gasteiger partial charge is 0.153 e. The van der Waals surface area contributed by atoms with Gasteiger partial charge >= 0.3 is 0 Å². The molecule has 0 bridgehead atoms. The van der Waals surface area contributed by atoms with E-state index in [2.05, 4.69) is 56.1 Å². The monoisotopic (exact) mass is 243 g/mol. The molecule has 96 valence electrons. The molecule has 0 spiro atoms. The van der Waals surface area contributed by atoms with Crippen molar-refractivity contribution in [2.24, 2.45) is 0 Å². The van der Waals surface area contributed by atoms with Gasteiger partial charge in [0, 0.05) is 11.3 Å². The number of hydrogen-bond acceptors (Lipinski definition) is 2. The molecule has 0 saturated carbocycles. The number of H-pyrrole nitrogens is 1. The van der Waals surface area contributed by atoms with Crippen molar-refractivity contribution in [1.82, 2.24) is 10.2 Å². The Bertz CT molecular complexity index is 554. The number of nitrogen functional groups attached to an aromatic ring is 1. The summed E-state index contributed by atoms with van der Waals surface area (Å²) in [6.07, 6.45) is 0. The van der Waals surface area contributed by atoms with Gasteiger partial charge in [0.2, 0.25) is 0 Å². The number of hydrogen-bond donors (Lipinski definition) is 2. The fourth-order valence-corrected chi connectivity index (χ4v) is 2.15. The zero-order valence-corrected chi connectivity index (χ0v) is 11.8. The zero-order valence-electron chi connectivity index (χ0n) is 11.8. The van der Waals surface area contributed by atoms with E-state index in [-0.39, 0.29) is 5.41 Å². The summed E-state index contributed by atoms with van der Waals surface area (Å²) in [5.74, 6) is 0.571. The quantitative estimate of drug-likeness (QED) is 0.804. The normalized spacial score (nSPS) is 11.8. The lowest BCUT2D eigenvalue weighted by molar-refractivity contribution is 0.590. The molecule has 0 amide bonds. The van der Waals surface area contributed by atoms with Crippen LogP contribution < -0.4 is 5.73 Å². The van der Waals surface area contributed by atoms with Gasteiger partial charge in [-0.2, -0.15) is 5.10 Å². The highest BCUT2D eigenvalue weighted by atomic mass is 15.2. The van der Waals surface area contributed by atoms with Crippen LogP contribution in [0.25, 0.3) is 11.1 Å². The molecule has 3 nitrogen and oxygen atoms in total. The van der Waals surface area contributed by atoms with E-state index in [0.717, 1.165) is 11.3 Å². The first-order chi connectivity index (χ1) is 8.30. The summed E-state index contributed by atoms with van der Waals surface area (Å²) in [4.78, 5) is 0. The molecule has 3 N–H and O–H groups in total. The van der Waals surface area contributed by atoms with E-state index in [0.29, 0.717) is 5.82 Å². The lowest BCUT2D eigenvalue weighted by Gasteiger charge is -2.21. The van der Waals surface area contributed by atoms with Gasteiger partial charge in [0.15, 0.2) is 5.82 Å². The van der Waals surface area contributed by atoms with Gasteiger partial charge in [-0.25, -0.2) is 0 Å². The summed E-state index contributed by atoms with van der Waals surface area (Å²) in [5, 5.41) is 7.02. The number of benzene rings is 1. The van der Waals surface area contributed by atoms with Gasteiger partial charge < -0.3 is 5.73 Å². The summed E-state index contributed by atoms with van der Waals surface area (Å²) >= 11 is 0. The van der Waals surface area contributed by atoms with Gasteiger partial charge in [0.1, 0.15) is 0 Å². The maximum atomic E-state index is 5.96. The minimum absolute atomic E-state index is 0.134. The Kier molecular flexibility index (Phi) is 2.93. The highest BCUT2D eigenvalue weighted by Gasteiger charge is 2.18. The molecule has 2 aromatic rings. The lowest BCUT2D eigenvalue weighted by atomic mass is 9.84. The molecular weight excluding hydrogens is 222 g/mol. The van der Waals surface area contributed by atoms with E-state index in [1.165, 1.54) is 16.7 Å². The van der Waals surface area contributed by atoms with Crippen LogP contribution in [0.3, 0.4) is 0 Å². The molecule has 0 unspecified atom stereocenters. The van der Waals surface area contributed by atoms with Crippen LogP contribution in [0.15, 0.2) is 18.2 Å². The van der Waals surface area contributed by atoms with Crippen LogP contribution in [0.5, 0.6) is 0 Å². The van der Waals surface area contributed by atoms with E-state index in [1.807, 2.05) is 6.92 Å². The standard InChI is InChI=1S/C15H21N3/c1-9-6-7-11(15(3,4)5)8-12(9)13-10(2)17-18-14(13)16/h6-8H,1-5H3,(H3,16,17,18). The van der Waals surface area contributed by atoms with Crippen LogP contribution in [0.4, 0.5) is 5.82 Å². The van der Waals surface area contributed by atoms with Gasteiger partial charge in [-0.1, -0.05) is 39.0 Å². The molecule has 0 aliphatic rings. The molecule has 0 radical (unpaired) electrons. The van der Waals surface area contributed by atoms with Crippen molar-refractivity contribution in [2.75, 3.05) is 5.73 Å². The number of nitrogens with zero attached hydrogens (tertiary/aromatic N) is 1. The predicted octanol–water partition coefficient (Wildman–Crippen LogP) is 3.57. The molecule has 0 fully saturated rings. The molecule has 0 saturated heterocycles. The SMILES string of the molecule is Cc1ccc(C(C)(C)C)cc1-c1c(N)n[nH]c1C. The van der Waals surface area contributed by atoms with E-state index < -0.39 is 0 Å². The van der Waals surface area contributed by atoms with Gasteiger partial charge in [0.05, 0.1) is 0 Å². The second-order valence-corrected chi connectivity index (χ2v) is 5.89. The van der Waals surface area contributed by atoms with Crippen LogP contribution in [-0.4, -0.2) is 10.2 Å². The van der Waals surface area contributed by atoms with Gasteiger partial charge in [-0.15, -0.1) is 0 Å². The number of aromatic amines is 1. The third kappa shape index (κ3) is 2.13. The summed E-state index contributed by atoms with van der Waals surface area (Å²) in [6.45, 7) is 10.8. The molecule has 0 aliphatic heterocycles. The van der Waals surface area contributed by atoms with Gasteiger partial charge in [0.25, 0.3) is 0 Å². The topological polar surface area (TPSA) is 54.7 Å². The van der Waals surface area contributed by atoms with Crippen molar-refractivity contribution in [1.29, 1.82) is 0 Å². The van der Waals surface area contributed by atoms with E-state index in [9.17, 15) is 0 Å². The van der Waals surface area contributed by atoms with Crippen LogP contribution in [0.1, 0.15) is 37.6 Å². The highest BCUT2D eigenvalue weighted by molar-refractivity contribution is 5.78. The summed E-state index contributed by atoms with van der Waals surface area (Å²) in [5.41, 5.74) is 11.8. The van der Waals surface area contributed by atoms with Crippen molar-refractivity contribution in [3.63, 3.8) is 0 Å². The average molecular weight is 243 g/mol. The Morgan fingerprint density at radius 3 is 2.33 bits per heavy atom. The maximum absolute atomic E-state index is 5.96. The second-order valence-electron chi connectivity index (χ2n) is 5.89. The molecule has 0 atom stereocenters. The van der Waals surface area contributed by atoms with Crippen molar-refractivity contribution < 1.29 is 0 Å². The van der Waals surface area contributed by atoms with Crippen molar-refractivity contribution in [2.45, 2.75) is 40.0 Å². The van der Waals surface area contributed by atoms with Crippen LogP contribution in [-0.2, 0) is 5.41 Å². The van der Waals surface area contributed by atoms with E-state index >= 15 is 0 Å². The van der Waals surface area contributed by atoms with E-state index in [1.54, 1.807) is 0 Å². The van der Waals surface area contributed by atoms with Crippen molar-refractivity contribution >= 4 is 5.82 Å². The Balaban J connectivity index is 2.65. The summed E-state index contributed by atoms with van der Waals surface area (Å²) in [6, 6.07) is 6.57. The first kappa shape index (κ1) is 12.7. The lowest BCUT2D eigenvalue weighted by Crippen LogP contribution is -2.11. The number of rotatable bonds is 1. The number of aryl methyl sites for hydroxylation is 2. The Morgan fingerprint density at radius 1 is 1.17 bits per heavy atom. The maximum Gasteiger partial charge on any atom is 0.153 e. The van der Waals surface area contributed by atoms with Gasteiger partial charge in [-0.05, 0) is 36.0 Å². The molecule has 0 aliphatic carbocycles. The molecule has 2 rings (SSSR count). The Morgan fingerprint density at radius 2 is 1.83 bits per heavy atom. The number of anilines is 1. The molecule has 18 heavy (non-hydrogen) atoms. The summed E-state index contributed by atoms with van der Waals surface area (Å²) in [7, 11) is 0. The fourth-order valence-electron chi connectivity index (χ4n) is 2.15. The van der Waals surface area contributed by atoms with Crippen molar-refractivity contribution in [3.05, 3.63) is 35.0 Å². The number of nitrogens with one attached hydrogen (secondary N) is 1. The van der Waals surface area contributed by atoms with Gasteiger partial charge in [-0.3, -0.25) is 5.10 Å². The third-order valence-electron chi connectivity index (χ3n) is 3.35. The Labute approximate surface area is 108 Å². The molecule has 1 aromatic carbocycles. The van der Waals surface area contributed by atoms with Crippen molar-refractivity contribution in [3.8, 4) is 11.1 Å². The van der Waals surface area contributed by atoms with Crippen LogP contribution in [0, 0.1) is 13.8 Å². The third-order valence-corrected chi connectivity index (χ3v) is 3.35. The number of nitrogens with two attached hydrogens (primary N) is 1. The molecule has 1 aromatic heterocycles. The minimum atomic E-state index is 0.134.